The van der Waals surface area contributed by atoms with Crippen molar-refractivity contribution in [3.63, 3.8) is 0 Å². The van der Waals surface area contributed by atoms with Gasteiger partial charge in [-0.25, -0.2) is 0 Å². The Balaban J connectivity index is 2.20. The largest absolute Gasteiger partial charge is 0.497 e. The first kappa shape index (κ1) is 18.2. The van der Waals surface area contributed by atoms with Gasteiger partial charge >= 0.3 is 0 Å². The maximum Gasteiger partial charge on any atom is 0.123 e. The lowest BCUT2D eigenvalue weighted by atomic mass is 9.93. The SMILES string of the molecule is COc1ccc(CC(CBr)(CCSC)Oc2ccccc2)cc1. The van der Waals surface area contributed by atoms with Crippen molar-refractivity contribution in [2.75, 3.05) is 24.4 Å². The molecule has 4 heteroatoms. The van der Waals surface area contributed by atoms with Crippen LogP contribution in [0.25, 0.3) is 0 Å². The first-order chi connectivity index (χ1) is 11.2. The molecule has 0 N–H and O–H groups in total. The predicted octanol–water partition coefficient (Wildman–Crippen LogP) is 5.20. The molecule has 1 atom stereocenters. The van der Waals surface area contributed by atoms with Crippen LogP contribution in [-0.2, 0) is 6.42 Å². The van der Waals surface area contributed by atoms with Crippen molar-refractivity contribution in [3.05, 3.63) is 60.2 Å². The van der Waals surface area contributed by atoms with E-state index in [0.29, 0.717) is 0 Å². The first-order valence-electron chi connectivity index (χ1n) is 7.63. The van der Waals surface area contributed by atoms with Crippen molar-refractivity contribution < 1.29 is 9.47 Å². The second-order valence-electron chi connectivity index (χ2n) is 5.50. The Bertz CT molecular complexity index is 574. The Kier molecular flexibility index (Phi) is 7.31. The summed E-state index contributed by atoms with van der Waals surface area (Å²) in [4.78, 5) is 0. The highest BCUT2D eigenvalue weighted by molar-refractivity contribution is 9.09. The number of benzene rings is 2. The molecule has 0 bridgehead atoms. The minimum Gasteiger partial charge on any atom is -0.497 e. The standard InChI is InChI=1S/C19H23BrO2S/c1-21-17-10-8-16(9-11-17)14-19(15-20,12-13-23-2)22-18-6-4-3-5-7-18/h3-11H,12-15H2,1-2H3. The summed E-state index contributed by atoms with van der Waals surface area (Å²) in [5.41, 5.74) is 1.00. The zero-order chi connectivity index (χ0) is 16.5. The number of hydrogen-bond acceptors (Lipinski definition) is 3. The zero-order valence-electron chi connectivity index (χ0n) is 13.6. The van der Waals surface area contributed by atoms with Crippen LogP contribution in [0.15, 0.2) is 54.6 Å². The number of alkyl halides is 1. The first-order valence-corrected chi connectivity index (χ1v) is 10.1. The van der Waals surface area contributed by atoms with Gasteiger partial charge in [-0.05, 0) is 48.3 Å². The lowest BCUT2D eigenvalue weighted by Gasteiger charge is -2.33. The van der Waals surface area contributed by atoms with Gasteiger partial charge in [-0.2, -0.15) is 11.8 Å². The molecule has 2 rings (SSSR count). The third-order valence-corrected chi connectivity index (χ3v) is 5.40. The molecule has 0 saturated carbocycles. The van der Waals surface area contributed by atoms with Crippen molar-refractivity contribution >= 4 is 27.7 Å². The van der Waals surface area contributed by atoms with Gasteiger partial charge in [0, 0.05) is 11.8 Å². The second kappa shape index (κ2) is 9.24. The fourth-order valence-electron chi connectivity index (χ4n) is 2.46. The molecule has 0 heterocycles. The van der Waals surface area contributed by atoms with Crippen LogP contribution < -0.4 is 9.47 Å². The van der Waals surface area contributed by atoms with Gasteiger partial charge in [0.2, 0.25) is 0 Å². The molecule has 124 valence electrons. The fourth-order valence-corrected chi connectivity index (χ4v) is 3.63. The molecule has 1 unspecified atom stereocenters. The molecule has 2 nitrogen and oxygen atoms in total. The molecule has 23 heavy (non-hydrogen) atoms. The average Bonchev–Trinajstić information content (AvgIpc) is 2.61. The van der Waals surface area contributed by atoms with Crippen molar-refractivity contribution in [1.82, 2.24) is 0 Å². The number of rotatable bonds is 9. The van der Waals surface area contributed by atoms with Crippen LogP contribution in [-0.4, -0.2) is 30.0 Å². The van der Waals surface area contributed by atoms with Crippen molar-refractivity contribution in [2.45, 2.75) is 18.4 Å². The topological polar surface area (TPSA) is 18.5 Å². The van der Waals surface area contributed by atoms with Crippen LogP contribution in [0.1, 0.15) is 12.0 Å². The van der Waals surface area contributed by atoms with Crippen molar-refractivity contribution in [3.8, 4) is 11.5 Å². The van der Waals surface area contributed by atoms with Gasteiger partial charge in [0.05, 0.1) is 7.11 Å². The summed E-state index contributed by atoms with van der Waals surface area (Å²) in [6, 6.07) is 18.3. The van der Waals surface area contributed by atoms with Crippen LogP contribution in [0.4, 0.5) is 0 Å². The highest BCUT2D eigenvalue weighted by Gasteiger charge is 2.31. The molecule has 0 aliphatic carbocycles. The normalized spacial score (nSPS) is 13.3. The molecule has 0 saturated heterocycles. The van der Waals surface area contributed by atoms with Crippen molar-refractivity contribution in [2.24, 2.45) is 0 Å². The van der Waals surface area contributed by atoms with E-state index < -0.39 is 0 Å². The molecule has 0 spiro atoms. The van der Waals surface area contributed by atoms with Crippen molar-refractivity contribution in [1.29, 1.82) is 0 Å². The summed E-state index contributed by atoms with van der Waals surface area (Å²) in [5, 5.41) is 0.793. The van der Waals surface area contributed by atoms with Gasteiger partial charge in [0.1, 0.15) is 17.1 Å². The van der Waals surface area contributed by atoms with Crippen LogP contribution in [0.2, 0.25) is 0 Å². The second-order valence-corrected chi connectivity index (χ2v) is 7.05. The van der Waals surface area contributed by atoms with Crippen LogP contribution in [0.5, 0.6) is 11.5 Å². The highest BCUT2D eigenvalue weighted by atomic mass is 79.9. The van der Waals surface area contributed by atoms with E-state index in [1.54, 1.807) is 7.11 Å². The molecule has 0 aliphatic rings. The summed E-state index contributed by atoms with van der Waals surface area (Å²) in [7, 11) is 1.69. The Morgan fingerprint density at radius 2 is 1.70 bits per heavy atom. The summed E-state index contributed by atoms with van der Waals surface area (Å²) < 4.78 is 11.7. The molecule has 0 aromatic heterocycles. The molecule has 0 fully saturated rings. The number of methoxy groups -OCH3 is 1. The van der Waals surface area contributed by atoms with Gasteiger partial charge < -0.3 is 9.47 Å². The van der Waals surface area contributed by atoms with E-state index in [1.165, 1.54) is 5.56 Å². The van der Waals surface area contributed by atoms with E-state index in [2.05, 4.69) is 34.3 Å². The average molecular weight is 395 g/mol. The van der Waals surface area contributed by atoms with E-state index in [0.717, 1.165) is 35.4 Å². The van der Waals surface area contributed by atoms with Gasteiger partial charge in [-0.3, -0.25) is 0 Å². The van der Waals surface area contributed by atoms with Crippen LogP contribution >= 0.6 is 27.7 Å². The predicted molar refractivity (Wildman–Crippen MR) is 103 cm³/mol. The third kappa shape index (κ3) is 5.47. The van der Waals surface area contributed by atoms with E-state index in [9.17, 15) is 0 Å². The minimum atomic E-state index is -0.251. The Morgan fingerprint density at radius 1 is 1.00 bits per heavy atom. The number of para-hydroxylation sites is 1. The summed E-state index contributed by atoms with van der Waals surface area (Å²) in [6.45, 7) is 0. The van der Waals surface area contributed by atoms with Gasteiger partial charge in [-0.1, -0.05) is 46.3 Å². The lowest BCUT2D eigenvalue weighted by Crippen LogP contribution is -2.41. The van der Waals surface area contributed by atoms with Gasteiger partial charge in [0.25, 0.3) is 0 Å². The Labute approximate surface area is 151 Å². The van der Waals surface area contributed by atoms with Crippen LogP contribution in [0.3, 0.4) is 0 Å². The molecule has 0 amide bonds. The van der Waals surface area contributed by atoms with Crippen LogP contribution in [0, 0.1) is 0 Å². The highest BCUT2D eigenvalue weighted by Crippen LogP contribution is 2.29. The van der Waals surface area contributed by atoms with E-state index in [-0.39, 0.29) is 5.60 Å². The summed E-state index contributed by atoms with van der Waals surface area (Å²) in [6.07, 6.45) is 3.98. The maximum atomic E-state index is 6.42. The molecule has 0 radical (unpaired) electrons. The number of halogens is 1. The Hall–Kier alpha value is -1.13. The maximum absolute atomic E-state index is 6.42. The molecule has 2 aromatic rings. The van der Waals surface area contributed by atoms with E-state index in [4.69, 9.17) is 9.47 Å². The van der Waals surface area contributed by atoms with Gasteiger partial charge in [-0.15, -0.1) is 0 Å². The van der Waals surface area contributed by atoms with Gasteiger partial charge in [0.15, 0.2) is 0 Å². The monoisotopic (exact) mass is 394 g/mol. The molecular formula is C19H23BrO2S. The van der Waals surface area contributed by atoms with E-state index in [1.807, 2.05) is 54.2 Å². The zero-order valence-corrected chi connectivity index (χ0v) is 16.0. The van der Waals surface area contributed by atoms with E-state index >= 15 is 0 Å². The fraction of sp³-hybridized carbons (Fsp3) is 0.368. The lowest BCUT2D eigenvalue weighted by molar-refractivity contribution is 0.0924. The smallest absolute Gasteiger partial charge is 0.123 e. The minimum absolute atomic E-state index is 0.251. The number of ether oxygens (including phenoxy) is 2. The Morgan fingerprint density at radius 3 is 2.26 bits per heavy atom. The summed E-state index contributed by atoms with van der Waals surface area (Å²) >= 11 is 5.54. The quantitative estimate of drug-likeness (QED) is 0.544. The number of thioether (sulfide) groups is 1. The third-order valence-electron chi connectivity index (χ3n) is 3.77. The number of hydrogen-bond donors (Lipinski definition) is 0. The molecule has 0 aliphatic heterocycles. The molecule has 2 aromatic carbocycles. The summed E-state index contributed by atoms with van der Waals surface area (Å²) in [5.74, 6) is 2.86. The molecular weight excluding hydrogens is 372 g/mol.